The maximum Gasteiger partial charge on any atom is 0.314 e. The SMILES string of the molecule is CCC(C)C(C(=O)OCC(=O)NC1CCCCC1C)c1ccccc1. The molecule has 4 heteroatoms. The molecule has 0 heterocycles. The molecule has 4 unspecified atom stereocenters. The third-order valence-corrected chi connectivity index (χ3v) is 5.43. The van der Waals surface area contributed by atoms with Gasteiger partial charge in [-0.25, -0.2) is 0 Å². The van der Waals surface area contributed by atoms with Gasteiger partial charge in [0.05, 0.1) is 5.92 Å². The first-order chi connectivity index (χ1) is 12.0. The first kappa shape index (κ1) is 19.5. The van der Waals surface area contributed by atoms with Crippen molar-refractivity contribution in [1.82, 2.24) is 5.32 Å². The van der Waals surface area contributed by atoms with Crippen LogP contribution in [0.5, 0.6) is 0 Å². The van der Waals surface area contributed by atoms with E-state index in [1.165, 1.54) is 6.42 Å². The van der Waals surface area contributed by atoms with E-state index < -0.39 is 0 Å². The number of rotatable bonds is 7. The summed E-state index contributed by atoms with van der Waals surface area (Å²) in [6, 6.07) is 9.88. The minimum absolute atomic E-state index is 0.163. The summed E-state index contributed by atoms with van der Waals surface area (Å²) in [6.45, 7) is 6.08. The monoisotopic (exact) mass is 345 g/mol. The number of ether oxygens (including phenoxy) is 1. The zero-order valence-corrected chi connectivity index (χ0v) is 15.7. The normalized spacial score (nSPS) is 22.7. The van der Waals surface area contributed by atoms with Crippen LogP contribution in [-0.2, 0) is 14.3 Å². The zero-order chi connectivity index (χ0) is 18.2. The van der Waals surface area contributed by atoms with Crippen molar-refractivity contribution in [3.63, 3.8) is 0 Å². The van der Waals surface area contributed by atoms with E-state index >= 15 is 0 Å². The lowest BCUT2D eigenvalue weighted by atomic mass is 9.85. The Hall–Kier alpha value is -1.84. The number of carbonyl (C=O) groups is 2. The van der Waals surface area contributed by atoms with E-state index in [4.69, 9.17) is 4.74 Å². The topological polar surface area (TPSA) is 55.4 Å². The third-order valence-electron chi connectivity index (χ3n) is 5.43. The molecule has 0 bridgehead atoms. The minimum atomic E-state index is -0.326. The van der Waals surface area contributed by atoms with Gasteiger partial charge in [-0.1, -0.05) is 70.4 Å². The van der Waals surface area contributed by atoms with Crippen molar-refractivity contribution >= 4 is 11.9 Å². The number of hydrogen-bond donors (Lipinski definition) is 1. The molecule has 1 N–H and O–H groups in total. The van der Waals surface area contributed by atoms with Crippen molar-refractivity contribution < 1.29 is 14.3 Å². The number of nitrogens with one attached hydrogen (secondary N) is 1. The smallest absolute Gasteiger partial charge is 0.314 e. The van der Waals surface area contributed by atoms with Crippen LogP contribution in [0, 0.1) is 11.8 Å². The molecule has 4 nitrogen and oxygen atoms in total. The molecule has 0 radical (unpaired) electrons. The summed E-state index contributed by atoms with van der Waals surface area (Å²) in [5, 5.41) is 3.03. The average Bonchev–Trinajstić information content (AvgIpc) is 2.63. The summed E-state index contributed by atoms with van der Waals surface area (Å²) in [7, 11) is 0. The molecule has 1 saturated carbocycles. The number of amides is 1. The Bertz CT molecular complexity index is 558. The molecule has 1 aliphatic rings. The van der Waals surface area contributed by atoms with E-state index in [0.29, 0.717) is 5.92 Å². The van der Waals surface area contributed by atoms with Crippen LogP contribution in [0.15, 0.2) is 30.3 Å². The van der Waals surface area contributed by atoms with Gasteiger partial charge in [-0.15, -0.1) is 0 Å². The maximum atomic E-state index is 12.6. The maximum absolute atomic E-state index is 12.6. The lowest BCUT2D eigenvalue weighted by Gasteiger charge is -2.29. The quantitative estimate of drug-likeness (QED) is 0.758. The first-order valence-electron chi connectivity index (χ1n) is 9.53. The molecule has 2 rings (SSSR count). The number of esters is 1. The average molecular weight is 345 g/mol. The molecule has 4 atom stereocenters. The van der Waals surface area contributed by atoms with Crippen molar-refractivity contribution in [1.29, 1.82) is 0 Å². The highest BCUT2D eigenvalue weighted by atomic mass is 16.5. The van der Waals surface area contributed by atoms with E-state index in [1.54, 1.807) is 0 Å². The second kappa shape index (κ2) is 9.59. The lowest BCUT2D eigenvalue weighted by molar-refractivity contribution is -0.151. The van der Waals surface area contributed by atoms with Gasteiger partial charge >= 0.3 is 5.97 Å². The Morgan fingerprint density at radius 3 is 2.52 bits per heavy atom. The van der Waals surface area contributed by atoms with Gasteiger partial charge in [0.15, 0.2) is 6.61 Å². The van der Waals surface area contributed by atoms with Crippen LogP contribution in [0.1, 0.15) is 64.4 Å². The van der Waals surface area contributed by atoms with Crippen molar-refractivity contribution in [2.75, 3.05) is 6.61 Å². The molecular weight excluding hydrogens is 314 g/mol. The molecule has 1 fully saturated rings. The van der Waals surface area contributed by atoms with Crippen LogP contribution in [0.4, 0.5) is 0 Å². The summed E-state index contributed by atoms with van der Waals surface area (Å²) < 4.78 is 5.37. The van der Waals surface area contributed by atoms with Gasteiger partial charge in [-0.05, 0) is 30.2 Å². The molecule has 0 aliphatic heterocycles. The highest BCUT2D eigenvalue weighted by molar-refractivity contribution is 5.83. The molecule has 1 aromatic rings. The molecule has 138 valence electrons. The van der Waals surface area contributed by atoms with Gasteiger partial charge in [0, 0.05) is 6.04 Å². The fourth-order valence-electron chi connectivity index (χ4n) is 3.60. The van der Waals surface area contributed by atoms with Gasteiger partial charge in [0.2, 0.25) is 0 Å². The Morgan fingerprint density at radius 2 is 1.88 bits per heavy atom. The standard InChI is InChI=1S/C21H31NO3/c1-4-15(2)20(17-11-6-5-7-12-17)21(24)25-14-19(23)22-18-13-9-8-10-16(18)3/h5-7,11-12,15-16,18,20H,4,8-10,13-14H2,1-3H3,(H,22,23). The van der Waals surface area contributed by atoms with E-state index in [2.05, 4.69) is 19.2 Å². The van der Waals surface area contributed by atoms with E-state index in [9.17, 15) is 9.59 Å². The van der Waals surface area contributed by atoms with Gasteiger partial charge in [0.1, 0.15) is 0 Å². The van der Waals surface area contributed by atoms with Crippen LogP contribution >= 0.6 is 0 Å². The Morgan fingerprint density at radius 1 is 1.20 bits per heavy atom. The molecule has 1 aromatic carbocycles. The molecule has 0 aromatic heterocycles. The second-order valence-electron chi connectivity index (χ2n) is 7.32. The van der Waals surface area contributed by atoms with E-state index in [0.717, 1.165) is 31.2 Å². The Balaban J connectivity index is 1.91. The summed E-state index contributed by atoms with van der Waals surface area (Å²) in [5.41, 5.74) is 0.947. The van der Waals surface area contributed by atoms with Crippen LogP contribution in [0.3, 0.4) is 0 Å². The molecular formula is C21H31NO3. The Kier molecular flexibility index (Phi) is 7.48. The summed E-state index contributed by atoms with van der Waals surface area (Å²) in [4.78, 5) is 24.8. The molecule has 1 amide bonds. The van der Waals surface area contributed by atoms with Crippen LogP contribution in [0.25, 0.3) is 0 Å². The van der Waals surface area contributed by atoms with Gasteiger partial charge in [-0.2, -0.15) is 0 Å². The fraction of sp³-hybridized carbons (Fsp3) is 0.619. The third kappa shape index (κ3) is 5.58. The Labute approximate surface area is 151 Å². The highest BCUT2D eigenvalue weighted by Crippen LogP contribution is 2.28. The van der Waals surface area contributed by atoms with Crippen molar-refractivity contribution in [3.8, 4) is 0 Å². The number of benzene rings is 1. The number of hydrogen-bond acceptors (Lipinski definition) is 3. The molecule has 0 spiro atoms. The summed E-state index contributed by atoms with van der Waals surface area (Å²) in [5.74, 6) is -0.176. The molecule has 1 aliphatic carbocycles. The molecule has 25 heavy (non-hydrogen) atoms. The minimum Gasteiger partial charge on any atom is -0.455 e. The van der Waals surface area contributed by atoms with Crippen molar-refractivity contribution in [3.05, 3.63) is 35.9 Å². The van der Waals surface area contributed by atoms with Crippen molar-refractivity contribution in [2.45, 2.75) is 64.8 Å². The lowest BCUT2D eigenvalue weighted by Crippen LogP contribution is -2.43. The predicted octanol–water partition coefficient (Wildman–Crippen LogP) is 4.05. The van der Waals surface area contributed by atoms with Crippen LogP contribution in [-0.4, -0.2) is 24.5 Å². The fourth-order valence-corrected chi connectivity index (χ4v) is 3.60. The van der Waals surface area contributed by atoms with Gasteiger partial charge in [-0.3, -0.25) is 9.59 Å². The first-order valence-corrected chi connectivity index (χ1v) is 9.53. The van der Waals surface area contributed by atoms with Crippen LogP contribution < -0.4 is 5.32 Å². The molecule has 0 saturated heterocycles. The van der Waals surface area contributed by atoms with Gasteiger partial charge in [0.25, 0.3) is 5.91 Å². The summed E-state index contributed by atoms with van der Waals surface area (Å²) >= 11 is 0. The van der Waals surface area contributed by atoms with Crippen molar-refractivity contribution in [2.24, 2.45) is 11.8 Å². The van der Waals surface area contributed by atoms with E-state index in [1.807, 2.05) is 37.3 Å². The zero-order valence-electron chi connectivity index (χ0n) is 15.7. The summed E-state index contributed by atoms with van der Waals surface area (Å²) in [6.07, 6.45) is 5.42. The van der Waals surface area contributed by atoms with E-state index in [-0.39, 0.29) is 36.4 Å². The highest BCUT2D eigenvalue weighted by Gasteiger charge is 2.28. The predicted molar refractivity (Wildman–Crippen MR) is 99.2 cm³/mol. The second-order valence-corrected chi connectivity index (χ2v) is 7.32. The van der Waals surface area contributed by atoms with Crippen LogP contribution in [0.2, 0.25) is 0 Å². The number of carbonyl (C=O) groups excluding carboxylic acids is 2. The van der Waals surface area contributed by atoms with Gasteiger partial charge < -0.3 is 10.1 Å². The largest absolute Gasteiger partial charge is 0.455 e.